The fraction of sp³-hybridized carbons (Fsp3) is 0.333. The van der Waals surface area contributed by atoms with E-state index in [9.17, 15) is 14.7 Å². The van der Waals surface area contributed by atoms with Gasteiger partial charge in [-0.05, 0) is 12.1 Å². The number of hydrogen-bond donors (Lipinski definition) is 3. The first-order valence-corrected chi connectivity index (χ1v) is 4.24. The fourth-order valence-electron chi connectivity index (χ4n) is 1.01. The Morgan fingerprint density at radius 2 is 2.00 bits per heavy atom. The Labute approximate surface area is 89.9 Å². The van der Waals surface area contributed by atoms with E-state index < -0.39 is 24.1 Å². The monoisotopic (exact) mass is 230 g/mol. The summed E-state index contributed by atoms with van der Waals surface area (Å²) in [4.78, 5) is 21.3. The Morgan fingerprint density at radius 1 is 1.38 bits per heavy atom. The number of aliphatic carboxylic acids is 1. The van der Waals surface area contributed by atoms with Crippen molar-refractivity contribution in [3.8, 4) is 0 Å². The van der Waals surface area contributed by atoms with Crippen LogP contribution in [0.2, 0.25) is 0 Å². The lowest BCUT2D eigenvalue weighted by molar-refractivity contribution is -0.153. The first-order chi connectivity index (χ1) is 7.47. The van der Waals surface area contributed by atoms with E-state index in [1.54, 1.807) is 0 Å². The van der Waals surface area contributed by atoms with Gasteiger partial charge >= 0.3 is 11.9 Å². The minimum atomic E-state index is -2.02. The van der Waals surface area contributed by atoms with Crippen LogP contribution in [-0.2, 0) is 9.53 Å². The highest BCUT2D eigenvalue weighted by Gasteiger charge is 2.28. The van der Waals surface area contributed by atoms with Crippen LogP contribution in [0.5, 0.6) is 0 Å². The van der Waals surface area contributed by atoms with Gasteiger partial charge in [0.2, 0.25) is 5.76 Å². The Morgan fingerprint density at radius 3 is 2.50 bits per heavy atom. The van der Waals surface area contributed by atoms with Crippen molar-refractivity contribution in [1.82, 2.24) is 0 Å². The predicted molar refractivity (Wildman–Crippen MR) is 48.6 cm³/mol. The lowest BCUT2D eigenvalue weighted by Gasteiger charge is -2.10. The van der Waals surface area contributed by atoms with Crippen molar-refractivity contribution in [2.75, 3.05) is 7.11 Å². The molecule has 2 unspecified atom stereocenters. The van der Waals surface area contributed by atoms with Crippen molar-refractivity contribution in [3.05, 3.63) is 23.7 Å². The van der Waals surface area contributed by atoms with Gasteiger partial charge < -0.3 is 24.5 Å². The number of carboxylic acid groups (broad SMARTS) is 1. The number of ether oxygens (including phenoxy) is 1. The summed E-state index contributed by atoms with van der Waals surface area (Å²) in [5.41, 5.74) is 0. The first kappa shape index (κ1) is 12.2. The van der Waals surface area contributed by atoms with Crippen LogP contribution in [0.3, 0.4) is 0 Å². The normalized spacial score (nSPS) is 14.2. The van der Waals surface area contributed by atoms with Crippen LogP contribution < -0.4 is 0 Å². The zero-order valence-electron chi connectivity index (χ0n) is 8.28. The van der Waals surface area contributed by atoms with Gasteiger partial charge in [-0.2, -0.15) is 0 Å². The fourth-order valence-corrected chi connectivity index (χ4v) is 1.01. The number of esters is 1. The molecule has 1 aromatic rings. The van der Waals surface area contributed by atoms with Crippen molar-refractivity contribution in [1.29, 1.82) is 0 Å². The van der Waals surface area contributed by atoms with Crippen LogP contribution in [0, 0.1) is 0 Å². The second-order valence-electron chi connectivity index (χ2n) is 2.92. The maximum atomic E-state index is 11.0. The lowest BCUT2D eigenvalue weighted by atomic mass is 10.1. The number of carbonyl (C=O) groups is 2. The molecule has 0 spiro atoms. The maximum Gasteiger partial charge on any atom is 0.373 e. The number of carbonyl (C=O) groups excluding carboxylic acids is 1. The molecular weight excluding hydrogens is 220 g/mol. The summed E-state index contributed by atoms with van der Waals surface area (Å²) in [6.45, 7) is 0. The SMILES string of the molecule is COC(=O)c1ccc(C(O)C(O)C(=O)O)o1. The molecule has 0 amide bonds. The molecule has 0 saturated carbocycles. The summed E-state index contributed by atoms with van der Waals surface area (Å²) < 4.78 is 9.17. The molecule has 0 aliphatic rings. The highest BCUT2D eigenvalue weighted by molar-refractivity contribution is 5.86. The van der Waals surface area contributed by atoms with Gasteiger partial charge in [0.1, 0.15) is 11.9 Å². The van der Waals surface area contributed by atoms with Crippen LogP contribution >= 0.6 is 0 Å². The van der Waals surface area contributed by atoms with Crippen LogP contribution in [0.1, 0.15) is 22.4 Å². The third-order valence-electron chi connectivity index (χ3n) is 1.86. The van der Waals surface area contributed by atoms with Crippen LogP contribution in [0.15, 0.2) is 16.5 Å². The van der Waals surface area contributed by atoms with Crippen molar-refractivity contribution in [3.63, 3.8) is 0 Å². The highest BCUT2D eigenvalue weighted by Crippen LogP contribution is 2.20. The summed E-state index contributed by atoms with van der Waals surface area (Å²) in [7, 11) is 1.15. The average Bonchev–Trinajstić information content (AvgIpc) is 2.75. The van der Waals surface area contributed by atoms with Crippen LogP contribution in [-0.4, -0.2) is 40.5 Å². The molecular formula is C9H10O7. The Hall–Kier alpha value is -1.86. The number of carboxylic acids is 1. The first-order valence-electron chi connectivity index (χ1n) is 4.24. The Balaban J connectivity index is 2.85. The molecule has 0 radical (unpaired) electrons. The van der Waals surface area contributed by atoms with Crippen molar-refractivity contribution in [2.24, 2.45) is 0 Å². The van der Waals surface area contributed by atoms with E-state index in [1.807, 2.05) is 0 Å². The van der Waals surface area contributed by atoms with E-state index >= 15 is 0 Å². The molecule has 0 aliphatic carbocycles. The van der Waals surface area contributed by atoms with Crippen molar-refractivity contribution >= 4 is 11.9 Å². The molecule has 0 aromatic carbocycles. The molecule has 3 N–H and O–H groups in total. The quantitative estimate of drug-likeness (QED) is 0.599. The van der Waals surface area contributed by atoms with Crippen LogP contribution in [0.4, 0.5) is 0 Å². The zero-order valence-corrected chi connectivity index (χ0v) is 8.28. The van der Waals surface area contributed by atoms with E-state index in [-0.39, 0.29) is 11.5 Å². The second kappa shape index (κ2) is 4.77. The second-order valence-corrected chi connectivity index (χ2v) is 2.92. The molecule has 1 aromatic heterocycles. The predicted octanol–water partition coefficient (Wildman–Crippen LogP) is -0.455. The van der Waals surface area contributed by atoms with Gasteiger partial charge in [0, 0.05) is 0 Å². The molecule has 2 atom stereocenters. The minimum absolute atomic E-state index is 0.186. The van der Waals surface area contributed by atoms with Crippen LogP contribution in [0.25, 0.3) is 0 Å². The van der Waals surface area contributed by atoms with Gasteiger partial charge in [0.25, 0.3) is 0 Å². The topological polar surface area (TPSA) is 117 Å². The van der Waals surface area contributed by atoms with Gasteiger partial charge in [-0.3, -0.25) is 0 Å². The highest BCUT2D eigenvalue weighted by atomic mass is 16.5. The number of aliphatic hydroxyl groups excluding tert-OH is 2. The zero-order chi connectivity index (χ0) is 12.3. The number of methoxy groups -OCH3 is 1. The summed E-state index contributed by atoms with van der Waals surface area (Å²) in [5.74, 6) is -2.77. The lowest BCUT2D eigenvalue weighted by Crippen LogP contribution is -2.27. The number of rotatable bonds is 4. The largest absolute Gasteiger partial charge is 0.479 e. The number of hydrogen-bond acceptors (Lipinski definition) is 6. The van der Waals surface area contributed by atoms with Gasteiger partial charge in [0.15, 0.2) is 6.10 Å². The van der Waals surface area contributed by atoms with E-state index in [0.29, 0.717) is 0 Å². The Kier molecular flexibility index (Phi) is 3.64. The van der Waals surface area contributed by atoms with Gasteiger partial charge in [0.05, 0.1) is 7.11 Å². The van der Waals surface area contributed by atoms with E-state index in [1.165, 1.54) is 12.1 Å². The third kappa shape index (κ3) is 2.38. The molecule has 88 valence electrons. The molecule has 0 bridgehead atoms. The van der Waals surface area contributed by atoms with Gasteiger partial charge in [-0.1, -0.05) is 0 Å². The van der Waals surface area contributed by atoms with Gasteiger partial charge in [-0.15, -0.1) is 0 Å². The summed E-state index contributed by atoms with van der Waals surface area (Å²) in [6.07, 6.45) is -3.76. The third-order valence-corrected chi connectivity index (χ3v) is 1.86. The molecule has 0 aliphatic heterocycles. The summed E-state index contributed by atoms with van der Waals surface area (Å²) in [5, 5.41) is 26.8. The molecule has 16 heavy (non-hydrogen) atoms. The summed E-state index contributed by atoms with van der Waals surface area (Å²) in [6, 6.07) is 2.39. The van der Waals surface area contributed by atoms with E-state index in [2.05, 4.69) is 4.74 Å². The number of furan rings is 1. The molecule has 0 fully saturated rings. The molecule has 0 saturated heterocycles. The van der Waals surface area contributed by atoms with E-state index in [4.69, 9.17) is 14.6 Å². The standard InChI is InChI=1S/C9H10O7/c1-15-9(14)5-3-2-4(16-5)6(10)7(11)8(12)13/h2-3,6-7,10-11H,1H3,(H,12,13). The smallest absolute Gasteiger partial charge is 0.373 e. The average molecular weight is 230 g/mol. The van der Waals surface area contributed by atoms with Gasteiger partial charge in [-0.25, -0.2) is 9.59 Å². The Bertz CT molecular complexity index is 394. The molecule has 7 heteroatoms. The van der Waals surface area contributed by atoms with Crippen molar-refractivity contribution in [2.45, 2.75) is 12.2 Å². The minimum Gasteiger partial charge on any atom is -0.479 e. The molecule has 7 nitrogen and oxygen atoms in total. The van der Waals surface area contributed by atoms with Crippen molar-refractivity contribution < 1.29 is 34.1 Å². The maximum absolute atomic E-state index is 11.0. The molecule has 1 heterocycles. The van der Waals surface area contributed by atoms with E-state index in [0.717, 1.165) is 7.11 Å². The molecule has 1 rings (SSSR count). The number of aliphatic hydroxyl groups is 2. The summed E-state index contributed by atoms with van der Waals surface area (Å²) >= 11 is 0.